The topological polar surface area (TPSA) is 72.9 Å². The minimum Gasteiger partial charge on any atom is -0.356 e. The molecule has 0 aliphatic carbocycles. The van der Waals surface area contributed by atoms with E-state index in [4.69, 9.17) is 5.73 Å². The smallest absolute Gasteiger partial charge is 0.221 e. The number of rotatable bonds is 7. The molecule has 0 saturated carbocycles. The largest absolute Gasteiger partial charge is 0.356 e. The van der Waals surface area contributed by atoms with Crippen molar-refractivity contribution in [2.45, 2.75) is 32.4 Å². The van der Waals surface area contributed by atoms with Crippen LogP contribution in [-0.2, 0) is 17.8 Å². The first-order valence-electron chi connectivity index (χ1n) is 8.70. The zero-order valence-corrected chi connectivity index (χ0v) is 16.9. The first-order valence-corrected chi connectivity index (χ1v) is 8.70. The summed E-state index contributed by atoms with van der Waals surface area (Å²) in [6, 6.07) is 17.5. The zero-order chi connectivity index (χ0) is 17.6. The number of nitrogens with two attached hydrogens (primary N) is 1. The lowest BCUT2D eigenvalue weighted by Gasteiger charge is -2.12. The van der Waals surface area contributed by atoms with Crippen molar-refractivity contribution in [3.63, 3.8) is 0 Å². The molecule has 1 amide bonds. The SMILES string of the molecule is CCn1c(CCNC(=O)CC(N)c2ccccc2)nc2ccccc21.Cl.Cl. The van der Waals surface area contributed by atoms with Crippen LogP contribution in [0.5, 0.6) is 0 Å². The average Bonchev–Trinajstić information content (AvgIpc) is 2.99. The molecule has 1 aromatic heterocycles. The van der Waals surface area contributed by atoms with Crippen molar-refractivity contribution in [2.75, 3.05) is 6.54 Å². The van der Waals surface area contributed by atoms with Gasteiger partial charge in [0.15, 0.2) is 0 Å². The molecule has 3 aromatic rings. The molecule has 27 heavy (non-hydrogen) atoms. The van der Waals surface area contributed by atoms with E-state index in [1.807, 2.05) is 48.5 Å². The Bertz CT molecular complexity index is 852. The lowest BCUT2D eigenvalue weighted by Crippen LogP contribution is -2.29. The van der Waals surface area contributed by atoms with Crippen LogP contribution in [0.3, 0.4) is 0 Å². The van der Waals surface area contributed by atoms with E-state index in [1.54, 1.807) is 0 Å². The number of amides is 1. The lowest BCUT2D eigenvalue weighted by molar-refractivity contribution is -0.121. The highest BCUT2D eigenvalue weighted by Gasteiger charge is 2.12. The Morgan fingerprint density at radius 2 is 1.78 bits per heavy atom. The van der Waals surface area contributed by atoms with Crippen molar-refractivity contribution in [2.24, 2.45) is 5.73 Å². The molecular formula is C20H26Cl2N4O. The van der Waals surface area contributed by atoms with Crippen LogP contribution in [0, 0.1) is 0 Å². The van der Waals surface area contributed by atoms with Gasteiger partial charge in [0.25, 0.3) is 0 Å². The summed E-state index contributed by atoms with van der Waals surface area (Å²) in [6.07, 6.45) is 0.989. The number of aryl methyl sites for hydroxylation is 1. The molecule has 0 bridgehead atoms. The van der Waals surface area contributed by atoms with Crippen LogP contribution in [0.25, 0.3) is 11.0 Å². The van der Waals surface area contributed by atoms with Crippen molar-refractivity contribution in [3.05, 3.63) is 66.0 Å². The third-order valence-electron chi connectivity index (χ3n) is 4.35. The number of halogens is 2. The fraction of sp³-hybridized carbons (Fsp3) is 0.300. The van der Waals surface area contributed by atoms with Crippen molar-refractivity contribution < 1.29 is 4.79 Å². The molecule has 0 radical (unpaired) electrons. The number of para-hydroxylation sites is 2. The highest BCUT2D eigenvalue weighted by Crippen LogP contribution is 2.16. The molecule has 0 aliphatic heterocycles. The summed E-state index contributed by atoms with van der Waals surface area (Å²) in [7, 11) is 0. The minimum atomic E-state index is -0.276. The Labute approximate surface area is 172 Å². The van der Waals surface area contributed by atoms with Crippen LogP contribution >= 0.6 is 24.8 Å². The van der Waals surface area contributed by atoms with Gasteiger partial charge in [-0.05, 0) is 24.6 Å². The Kier molecular flexibility index (Phi) is 9.29. The normalized spacial score (nSPS) is 11.3. The second kappa shape index (κ2) is 10.9. The number of hydrogen-bond acceptors (Lipinski definition) is 3. The predicted octanol–water partition coefficient (Wildman–Crippen LogP) is 3.65. The zero-order valence-electron chi connectivity index (χ0n) is 15.3. The molecule has 7 heteroatoms. The van der Waals surface area contributed by atoms with Gasteiger partial charge < -0.3 is 15.6 Å². The number of nitrogens with zero attached hydrogens (tertiary/aromatic N) is 2. The number of aromatic nitrogens is 2. The predicted molar refractivity (Wildman–Crippen MR) is 115 cm³/mol. The fourth-order valence-corrected chi connectivity index (χ4v) is 3.07. The van der Waals surface area contributed by atoms with Crippen molar-refractivity contribution in [1.29, 1.82) is 0 Å². The van der Waals surface area contributed by atoms with Crippen LogP contribution in [0.2, 0.25) is 0 Å². The molecule has 5 nitrogen and oxygen atoms in total. The first kappa shape index (κ1) is 23.0. The van der Waals surface area contributed by atoms with E-state index in [0.29, 0.717) is 13.0 Å². The molecule has 1 heterocycles. The van der Waals surface area contributed by atoms with Gasteiger partial charge >= 0.3 is 0 Å². The fourth-order valence-electron chi connectivity index (χ4n) is 3.07. The molecule has 2 aromatic carbocycles. The van der Waals surface area contributed by atoms with Gasteiger partial charge in [0.05, 0.1) is 11.0 Å². The standard InChI is InChI=1S/C20H24N4O.2ClH/c1-2-24-18-11-7-6-10-17(18)23-19(24)12-13-22-20(25)14-16(21)15-8-4-3-5-9-15;;/h3-11,16H,2,12-14,21H2,1H3,(H,22,25);2*1H. The number of carbonyl (C=O) groups excluding carboxylic acids is 1. The second-order valence-corrected chi connectivity index (χ2v) is 6.08. The molecule has 0 fully saturated rings. The number of hydrogen-bond donors (Lipinski definition) is 2. The molecule has 0 aliphatic rings. The quantitative estimate of drug-likeness (QED) is 0.626. The van der Waals surface area contributed by atoms with Gasteiger partial charge in [0.2, 0.25) is 5.91 Å². The van der Waals surface area contributed by atoms with Gasteiger partial charge in [0.1, 0.15) is 5.82 Å². The van der Waals surface area contributed by atoms with Crippen LogP contribution in [0.1, 0.15) is 30.8 Å². The van der Waals surface area contributed by atoms with Gasteiger partial charge in [-0.1, -0.05) is 42.5 Å². The maximum absolute atomic E-state index is 12.1. The molecule has 0 saturated heterocycles. The summed E-state index contributed by atoms with van der Waals surface area (Å²) >= 11 is 0. The summed E-state index contributed by atoms with van der Waals surface area (Å²) in [4.78, 5) is 16.8. The maximum atomic E-state index is 12.1. The Balaban J connectivity index is 0.00000182. The molecule has 1 unspecified atom stereocenters. The molecule has 3 rings (SSSR count). The summed E-state index contributed by atoms with van der Waals surface area (Å²) in [5, 5.41) is 2.96. The second-order valence-electron chi connectivity index (χ2n) is 6.08. The van der Waals surface area contributed by atoms with Gasteiger partial charge in [0, 0.05) is 32.0 Å². The summed E-state index contributed by atoms with van der Waals surface area (Å²) < 4.78 is 2.19. The third-order valence-corrected chi connectivity index (χ3v) is 4.35. The van der Waals surface area contributed by atoms with E-state index in [-0.39, 0.29) is 43.2 Å². The monoisotopic (exact) mass is 408 g/mol. The van der Waals surface area contributed by atoms with Crippen molar-refractivity contribution in [3.8, 4) is 0 Å². The molecule has 146 valence electrons. The van der Waals surface area contributed by atoms with Crippen LogP contribution in [0.4, 0.5) is 0 Å². The summed E-state index contributed by atoms with van der Waals surface area (Å²) in [5.74, 6) is 0.965. The van der Waals surface area contributed by atoms with Gasteiger partial charge in [-0.3, -0.25) is 4.79 Å². The minimum absolute atomic E-state index is 0. The van der Waals surface area contributed by atoms with E-state index in [9.17, 15) is 4.79 Å². The summed E-state index contributed by atoms with van der Waals surface area (Å²) in [5.41, 5.74) is 9.21. The summed E-state index contributed by atoms with van der Waals surface area (Å²) in [6.45, 7) is 3.53. The average molecular weight is 409 g/mol. The van der Waals surface area contributed by atoms with E-state index in [1.165, 1.54) is 0 Å². The number of nitrogens with one attached hydrogen (secondary N) is 1. The lowest BCUT2D eigenvalue weighted by atomic mass is 10.0. The van der Waals surface area contributed by atoms with E-state index in [0.717, 1.165) is 29.0 Å². The highest BCUT2D eigenvalue weighted by atomic mass is 35.5. The molecule has 3 N–H and O–H groups in total. The Hall–Kier alpha value is -2.08. The highest BCUT2D eigenvalue weighted by molar-refractivity contribution is 5.85. The first-order chi connectivity index (χ1) is 12.2. The van der Waals surface area contributed by atoms with Crippen molar-refractivity contribution >= 4 is 41.8 Å². The molecular weight excluding hydrogens is 383 g/mol. The van der Waals surface area contributed by atoms with Gasteiger partial charge in [-0.15, -0.1) is 24.8 Å². The Morgan fingerprint density at radius 3 is 2.48 bits per heavy atom. The van der Waals surface area contributed by atoms with Crippen LogP contribution < -0.4 is 11.1 Å². The van der Waals surface area contributed by atoms with Crippen LogP contribution in [-0.4, -0.2) is 22.0 Å². The number of carbonyl (C=O) groups is 1. The number of fused-ring (bicyclic) bond motifs is 1. The van der Waals surface area contributed by atoms with E-state index >= 15 is 0 Å². The van der Waals surface area contributed by atoms with E-state index in [2.05, 4.69) is 27.9 Å². The molecule has 0 spiro atoms. The van der Waals surface area contributed by atoms with Crippen molar-refractivity contribution in [1.82, 2.24) is 14.9 Å². The van der Waals surface area contributed by atoms with Gasteiger partial charge in [-0.25, -0.2) is 4.98 Å². The Morgan fingerprint density at radius 1 is 1.11 bits per heavy atom. The number of imidazole rings is 1. The van der Waals surface area contributed by atoms with Crippen LogP contribution in [0.15, 0.2) is 54.6 Å². The maximum Gasteiger partial charge on any atom is 0.221 e. The molecule has 1 atom stereocenters. The van der Waals surface area contributed by atoms with Gasteiger partial charge in [-0.2, -0.15) is 0 Å². The van der Waals surface area contributed by atoms with E-state index < -0.39 is 0 Å². The number of benzene rings is 2. The third kappa shape index (κ3) is 5.70.